The van der Waals surface area contributed by atoms with Crippen LogP contribution in [0.25, 0.3) is 0 Å². The van der Waals surface area contributed by atoms with Crippen molar-refractivity contribution < 1.29 is 0 Å². The monoisotopic (exact) mass is 785 g/mol. The minimum absolute atomic E-state index is 0.891. The quantitative estimate of drug-likeness (QED) is 0.0373. The number of hydrogen-bond acceptors (Lipinski definition) is 2. The zero-order valence-electron chi connectivity index (χ0n) is 37.5. The van der Waals surface area contributed by atoms with Crippen molar-refractivity contribution in [2.45, 2.75) is 206 Å². The predicted octanol–water partition coefficient (Wildman–Crippen LogP) is 16.3. The average Bonchev–Trinajstić information content (AvgIpc) is 3.23. The minimum atomic E-state index is 0.891. The van der Waals surface area contributed by atoms with Gasteiger partial charge in [0.05, 0.1) is 0 Å². The number of hydrogen-bond donors (Lipinski definition) is 2. The van der Waals surface area contributed by atoms with E-state index in [9.17, 15) is 0 Å². The summed E-state index contributed by atoms with van der Waals surface area (Å²) in [5, 5.41) is 0. The van der Waals surface area contributed by atoms with E-state index >= 15 is 0 Å². The Hall–Kier alpha value is -3.52. The molecule has 0 saturated heterocycles. The largest absolute Gasteiger partial charge is 0.399 e. The topological polar surface area (TPSA) is 52.0 Å². The molecule has 0 aromatic heterocycles. The third-order valence-electron chi connectivity index (χ3n) is 12.6. The Morgan fingerprint density at radius 2 is 0.552 bits per heavy atom. The molecule has 0 saturated carbocycles. The molecule has 0 spiro atoms. The van der Waals surface area contributed by atoms with Crippen molar-refractivity contribution in [1.29, 1.82) is 0 Å². The maximum atomic E-state index is 6.12. The normalized spacial score (nSPS) is 11.4. The summed E-state index contributed by atoms with van der Waals surface area (Å²) in [5.74, 6) is 0. The SMILES string of the molecule is CCCCCc1cc(N)ccc1Cc1ccc(CCCCCCCCCCCCCCCCCCCCc2ccc(Cc3ccc(N)cc3CCCCC)cc2)cc1. The van der Waals surface area contributed by atoms with Crippen LogP contribution in [0.3, 0.4) is 0 Å². The highest BCUT2D eigenvalue weighted by Crippen LogP contribution is 2.23. The summed E-state index contributed by atoms with van der Waals surface area (Å²) in [5.41, 5.74) is 25.6. The van der Waals surface area contributed by atoms with E-state index in [0.29, 0.717) is 0 Å². The second kappa shape index (κ2) is 29.7. The van der Waals surface area contributed by atoms with Crippen molar-refractivity contribution in [3.8, 4) is 0 Å². The molecule has 0 atom stereocenters. The fourth-order valence-corrected chi connectivity index (χ4v) is 8.81. The van der Waals surface area contributed by atoms with Gasteiger partial charge in [-0.2, -0.15) is 0 Å². The van der Waals surface area contributed by atoms with Gasteiger partial charge in [-0.05, 0) is 133 Å². The second-order valence-corrected chi connectivity index (χ2v) is 17.8. The van der Waals surface area contributed by atoms with Crippen molar-refractivity contribution in [2.75, 3.05) is 11.5 Å². The maximum absolute atomic E-state index is 6.12. The van der Waals surface area contributed by atoms with Gasteiger partial charge in [0.2, 0.25) is 0 Å². The Balaban J connectivity index is 0.900. The molecule has 0 radical (unpaired) electrons. The summed E-state index contributed by atoms with van der Waals surface area (Å²) in [6.45, 7) is 4.54. The van der Waals surface area contributed by atoms with E-state index in [1.165, 1.54) is 211 Å². The molecule has 0 heterocycles. The van der Waals surface area contributed by atoms with Crippen LogP contribution < -0.4 is 11.5 Å². The zero-order valence-corrected chi connectivity index (χ0v) is 37.5. The molecule has 2 nitrogen and oxygen atoms in total. The third kappa shape index (κ3) is 20.0. The summed E-state index contributed by atoms with van der Waals surface area (Å²) in [4.78, 5) is 0. The van der Waals surface area contributed by atoms with Gasteiger partial charge in [0, 0.05) is 11.4 Å². The molecule has 0 aliphatic heterocycles. The standard InChI is InChI=1S/C56H84N2/c1-3-5-23-29-51-45-55(57)41-39-53(51)43-49-35-31-47(32-36-49)27-25-21-19-17-15-13-11-9-7-8-10-12-14-16-18-20-22-26-28-48-33-37-50(38-34-48)44-54-40-42-56(58)46-52(54)30-24-6-4-2/h31-42,45-46H,3-30,43-44,57-58H2,1-2H3. The molecule has 0 fully saturated rings. The van der Waals surface area contributed by atoms with E-state index in [-0.39, 0.29) is 0 Å². The van der Waals surface area contributed by atoms with Gasteiger partial charge in [-0.3, -0.25) is 0 Å². The maximum Gasteiger partial charge on any atom is 0.0316 e. The molecule has 0 bridgehead atoms. The molecule has 0 aliphatic rings. The number of rotatable bonds is 33. The molecule has 0 aliphatic carbocycles. The van der Waals surface area contributed by atoms with Gasteiger partial charge >= 0.3 is 0 Å². The van der Waals surface area contributed by atoms with Crippen LogP contribution in [0.4, 0.5) is 11.4 Å². The Bertz CT molecular complexity index is 1490. The fourth-order valence-electron chi connectivity index (χ4n) is 8.81. The van der Waals surface area contributed by atoms with Crippen LogP contribution in [-0.2, 0) is 38.5 Å². The Morgan fingerprint density at radius 3 is 0.862 bits per heavy atom. The molecule has 2 heteroatoms. The van der Waals surface area contributed by atoms with Crippen molar-refractivity contribution in [2.24, 2.45) is 0 Å². The first kappa shape index (κ1) is 47.2. The highest BCUT2D eigenvalue weighted by molar-refractivity contribution is 5.47. The lowest BCUT2D eigenvalue weighted by atomic mass is 9.95. The van der Waals surface area contributed by atoms with Crippen LogP contribution in [0.2, 0.25) is 0 Å². The Morgan fingerprint density at radius 1 is 0.276 bits per heavy atom. The molecule has 4 rings (SSSR count). The van der Waals surface area contributed by atoms with Gasteiger partial charge < -0.3 is 11.5 Å². The van der Waals surface area contributed by atoms with E-state index in [2.05, 4.69) is 98.8 Å². The molecular weight excluding hydrogens is 701 g/mol. The van der Waals surface area contributed by atoms with Crippen LogP contribution in [0.1, 0.15) is 212 Å². The number of unbranched alkanes of at least 4 members (excludes halogenated alkanes) is 21. The Labute approximate surface area is 357 Å². The van der Waals surface area contributed by atoms with Crippen LogP contribution in [0.5, 0.6) is 0 Å². The summed E-state index contributed by atoms with van der Waals surface area (Å²) in [6, 6.07) is 31.8. The molecular formula is C56H84N2. The molecule has 0 unspecified atom stereocenters. The van der Waals surface area contributed by atoms with Gasteiger partial charge in [-0.15, -0.1) is 0 Å². The molecule has 4 N–H and O–H groups in total. The molecule has 4 aromatic carbocycles. The van der Waals surface area contributed by atoms with Gasteiger partial charge in [-0.1, -0.05) is 203 Å². The van der Waals surface area contributed by atoms with Crippen molar-refractivity contribution >= 4 is 11.4 Å². The van der Waals surface area contributed by atoms with E-state index in [1.54, 1.807) is 0 Å². The Kier molecular flexibility index (Phi) is 24.1. The van der Waals surface area contributed by atoms with E-state index < -0.39 is 0 Å². The lowest BCUT2D eigenvalue weighted by molar-refractivity contribution is 0.524. The summed E-state index contributed by atoms with van der Waals surface area (Å²) in [7, 11) is 0. The lowest BCUT2D eigenvalue weighted by Gasteiger charge is -2.11. The number of benzene rings is 4. The molecule has 318 valence electrons. The van der Waals surface area contributed by atoms with Crippen LogP contribution in [0.15, 0.2) is 84.9 Å². The van der Waals surface area contributed by atoms with Gasteiger partial charge in [0.25, 0.3) is 0 Å². The first-order valence-electron chi connectivity index (χ1n) is 24.4. The van der Waals surface area contributed by atoms with E-state index in [4.69, 9.17) is 11.5 Å². The van der Waals surface area contributed by atoms with Crippen molar-refractivity contribution in [1.82, 2.24) is 0 Å². The molecule has 58 heavy (non-hydrogen) atoms. The van der Waals surface area contributed by atoms with Crippen LogP contribution >= 0.6 is 0 Å². The van der Waals surface area contributed by atoms with Crippen LogP contribution in [-0.4, -0.2) is 0 Å². The first-order valence-corrected chi connectivity index (χ1v) is 24.4. The molecule has 0 amide bonds. The summed E-state index contributed by atoms with van der Waals surface area (Å²) in [6.07, 6.45) is 39.7. The highest BCUT2D eigenvalue weighted by atomic mass is 14.5. The van der Waals surface area contributed by atoms with Crippen LogP contribution in [0, 0.1) is 0 Å². The minimum Gasteiger partial charge on any atom is -0.399 e. The first-order chi connectivity index (χ1) is 28.5. The smallest absolute Gasteiger partial charge is 0.0316 e. The fraction of sp³-hybridized carbons (Fsp3) is 0.571. The van der Waals surface area contributed by atoms with Gasteiger partial charge in [0.1, 0.15) is 0 Å². The summed E-state index contributed by atoms with van der Waals surface area (Å²) >= 11 is 0. The van der Waals surface area contributed by atoms with Crippen molar-refractivity contribution in [3.63, 3.8) is 0 Å². The van der Waals surface area contributed by atoms with Gasteiger partial charge in [-0.25, -0.2) is 0 Å². The highest BCUT2D eigenvalue weighted by Gasteiger charge is 2.07. The van der Waals surface area contributed by atoms with Crippen molar-refractivity contribution in [3.05, 3.63) is 129 Å². The van der Waals surface area contributed by atoms with E-state index in [0.717, 1.165) is 37.1 Å². The molecule has 4 aromatic rings. The lowest BCUT2D eigenvalue weighted by Crippen LogP contribution is -1.99. The summed E-state index contributed by atoms with van der Waals surface area (Å²) < 4.78 is 0. The number of nitrogen functional groups attached to an aromatic ring is 2. The number of anilines is 2. The van der Waals surface area contributed by atoms with Gasteiger partial charge in [0.15, 0.2) is 0 Å². The zero-order chi connectivity index (χ0) is 40.9. The average molecular weight is 785 g/mol. The van der Waals surface area contributed by atoms with E-state index in [1.807, 2.05) is 0 Å². The predicted molar refractivity (Wildman–Crippen MR) is 257 cm³/mol. The third-order valence-corrected chi connectivity index (χ3v) is 12.6. The number of nitrogens with two attached hydrogens (primary N) is 2. The second-order valence-electron chi connectivity index (χ2n) is 17.8. The number of aryl methyl sites for hydroxylation is 4.